The zero-order valence-electron chi connectivity index (χ0n) is 7.02. The van der Waals surface area contributed by atoms with E-state index in [1.54, 1.807) is 0 Å². The fraction of sp³-hybridized carbons (Fsp3) is 0.778. The average molecular weight is 140 g/mol. The number of aliphatic hydroxyl groups is 1. The Kier molecular flexibility index (Phi) is 1.63. The predicted octanol–water partition coefficient (Wildman–Crippen LogP) is 2.11. The van der Waals surface area contributed by atoms with E-state index >= 15 is 0 Å². The Hall–Kier alpha value is -0.300. The van der Waals surface area contributed by atoms with Crippen LogP contribution >= 0.6 is 0 Å². The third-order valence-electron chi connectivity index (χ3n) is 2.47. The average Bonchev–Trinajstić information content (AvgIpc) is 2.13. The lowest BCUT2D eigenvalue weighted by molar-refractivity contribution is -0.0462. The molecule has 1 heteroatoms. The second-order valence-corrected chi connectivity index (χ2v) is 4.16. The first-order chi connectivity index (χ1) is 4.46. The Morgan fingerprint density at radius 1 is 1.20 bits per heavy atom. The smallest absolute Gasteiger partial charge is 0.0764 e. The van der Waals surface area contributed by atoms with Gasteiger partial charge in [0.15, 0.2) is 0 Å². The Morgan fingerprint density at radius 2 is 1.60 bits per heavy atom. The molecular weight excluding hydrogens is 124 g/mol. The summed E-state index contributed by atoms with van der Waals surface area (Å²) in [5, 5.41) is 9.97. The van der Waals surface area contributed by atoms with Crippen LogP contribution in [0, 0.1) is 5.41 Å². The Morgan fingerprint density at radius 3 is 1.80 bits per heavy atom. The lowest BCUT2D eigenvalue weighted by Crippen LogP contribution is -2.40. The van der Waals surface area contributed by atoms with Gasteiger partial charge in [0.05, 0.1) is 5.60 Å². The monoisotopic (exact) mass is 140 g/mol. The first-order valence-corrected chi connectivity index (χ1v) is 3.83. The summed E-state index contributed by atoms with van der Waals surface area (Å²) >= 11 is 0. The van der Waals surface area contributed by atoms with Gasteiger partial charge in [0, 0.05) is 0 Å². The van der Waals surface area contributed by atoms with Crippen molar-refractivity contribution in [3.8, 4) is 0 Å². The molecule has 1 rings (SSSR count). The quantitative estimate of drug-likeness (QED) is 0.511. The van der Waals surface area contributed by atoms with E-state index < -0.39 is 5.60 Å². The van der Waals surface area contributed by atoms with Gasteiger partial charge in [-0.1, -0.05) is 32.9 Å². The van der Waals surface area contributed by atoms with Crippen LogP contribution in [0.3, 0.4) is 0 Å². The van der Waals surface area contributed by atoms with Crippen molar-refractivity contribution in [3.63, 3.8) is 0 Å². The summed E-state index contributed by atoms with van der Waals surface area (Å²) in [6, 6.07) is 0. The molecule has 1 aliphatic carbocycles. The molecule has 1 N–H and O–H groups in total. The first kappa shape index (κ1) is 7.80. The van der Waals surface area contributed by atoms with Gasteiger partial charge in [-0.3, -0.25) is 0 Å². The van der Waals surface area contributed by atoms with E-state index in [1.807, 2.05) is 0 Å². The van der Waals surface area contributed by atoms with Crippen LogP contribution in [0.1, 0.15) is 33.6 Å². The van der Waals surface area contributed by atoms with Crippen LogP contribution in [0.5, 0.6) is 0 Å². The van der Waals surface area contributed by atoms with E-state index in [-0.39, 0.29) is 5.41 Å². The van der Waals surface area contributed by atoms with E-state index in [1.165, 1.54) is 0 Å². The van der Waals surface area contributed by atoms with Gasteiger partial charge in [0.2, 0.25) is 0 Å². The van der Waals surface area contributed by atoms with E-state index in [0.29, 0.717) is 0 Å². The van der Waals surface area contributed by atoms with Crippen LogP contribution in [0.15, 0.2) is 12.2 Å². The minimum absolute atomic E-state index is 0.0104. The third-order valence-corrected chi connectivity index (χ3v) is 2.47. The minimum atomic E-state index is -0.479. The molecule has 0 heterocycles. The summed E-state index contributed by atoms with van der Waals surface area (Å²) in [5.41, 5.74) is -0.469. The Labute approximate surface area is 62.8 Å². The highest BCUT2D eigenvalue weighted by molar-refractivity contribution is 5.08. The molecule has 0 saturated carbocycles. The highest BCUT2D eigenvalue weighted by Gasteiger charge is 2.39. The maximum absolute atomic E-state index is 9.97. The van der Waals surface area contributed by atoms with Crippen molar-refractivity contribution < 1.29 is 5.11 Å². The van der Waals surface area contributed by atoms with Gasteiger partial charge in [0.1, 0.15) is 0 Å². The Balaban J connectivity index is 2.71. The molecule has 0 bridgehead atoms. The number of rotatable bonds is 0. The van der Waals surface area contributed by atoms with E-state index in [4.69, 9.17) is 0 Å². The van der Waals surface area contributed by atoms with Gasteiger partial charge in [-0.25, -0.2) is 0 Å². The number of hydrogen-bond acceptors (Lipinski definition) is 1. The molecule has 1 aliphatic rings. The molecule has 0 spiro atoms. The summed E-state index contributed by atoms with van der Waals surface area (Å²) in [6.45, 7) is 6.25. The molecular formula is C9H16O. The summed E-state index contributed by atoms with van der Waals surface area (Å²) in [4.78, 5) is 0. The highest BCUT2D eigenvalue weighted by Crippen LogP contribution is 2.39. The van der Waals surface area contributed by atoms with Crippen molar-refractivity contribution in [3.05, 3.63) is 12.2 Å². The molecule has 0 unspecified atom stereocenters. The van der Waals surface area contributed by atoms with Crippen molar-refractivity contribution in [2.24, 2.45) is 5.41 Å². The normalized spacial score (nSPS) is 23.6. The first-order valence-electron chi connectivity index (χ1n) is 3.83. The zero-order valence-corrected chi connectivity index (χ0v) is 7.02. The SMILES string of the molecule is CC(C)(C)C1(O)CC=CC1. The van der Waals surface area contributed by atoms with Crippen LogP contribution in [0.2, 0.25) is 0 Å². The van der Waals surface area contributed by atoms with Crippen LogP contribution < -0.4 is 0 Å². The van der Waals surface area contributed by atoms with Gasteiger partial charge >= 0.3 is 0 Å². The van der Waals surface area contributed by atoms with Crippen molar-refractivity contribution in [2.45, 2.75) is 39.2 Å². The van der Waals surface area contributed by atoms with Crippen molar-refractivity contribution in [1.29, 1.82) is 0 Å². The van der Waals surface area contributed by atoms with Crippen molar-refractivity contribution in [1.82, 2.24) is 0 Å². The maximum Gasteiger partial charge on any atom is 0.0764 e. The summed E-state index contributed by atoms with van der Waals surface area (Å²) < 4.78 is 0. The second kappa shape index (κ2) is 2.09. The minimum Gasteiger partial charge on any atom is -0.389 e. The van der Waals surface area contributed by atoms with Crippen LogP contribution in [-0.2, 0) is 0 Å². The van der Waals surface area contributed by atoms with Crippen LogP contribution in [0.4, 0.5) is 0 Å². The molecule has 0 saturated heterocycles. The maximum atomic E-state index is 9.97. The van der Waals surface area contributed by atoms with Gasteiger partial charge in [-0.05, 0) is 18.3 Å². The fourth-order valence-corrected chi connectivity index (χ4v) is 1.25. The highest BCUT2D eigenvalue weighted by atomic mass is 16.3. The predicted molar refractivity (Wildman–Crippen MR) is 42.8 cm³/mol. The molecule has 0 fully saturated rings. The Bertz CT molecular complexity index is 143. The topological polar surface area (TPSA) is 20.2 Å². The second-order valence-electron chi connectivity index (χ2n) is 4.16. The largest absolute Gasteiger partial charge is 0.389 e. The molecule has 0 radical (unpaired) electrons. The van der Waals surface area contributed by atoms with E-state index in [9.17, 15) is 5.11 Å². The van der Waals surface area contributed by atoms with Gasteiger partial charge in [0.25, 0.3) is 0 Å². The van der Waals surface area contributed by atoms with Crippen LogP contribution in [0.25, 0.3) is 0 Å². The van der Waals surface area contributed by atoms with E-state index in [2.05, 4.69) is 32.9 Å². The third kappa shape index (κ3) is 1.10. The van der Waals surface area contributed by atoms with Crippen molar-refractivity contribution in [2.75, 3.05) is 0 Å². The molecule has 0 aromatic heterocycles. The van der Waals surface area contributed by atoms with Crippen LogP contribution in [-0.4, -0.2) is 10.7 Å². The molecule has 0 aromatic carbocycles. The summed E-state index contributed by atoms with van der Waals surface area (Å²) in [6.07, 6.45) is 5.75. The zero-order chi connectivity index (χ0) is 7.83. The fourth-order valence-electron chi connectivity index (χ4n) is 1.25. The number of hydrogen-bond donors (Lipinski definition) is 1. The summed E-state index contributed by atoms with van der Waals surface area (Å²) in [7, 11) is 0. The van der Waals surface area contributed by atoms with Gasteiger partial charge in [-0.15, -0.1) is 0 Å². The lowest BCUT2D eigenvalue weighted by atomic mass is 9.75. The summed E-state index contributed by atoms with van der Waals surface area (Å²) in [5.74, 6) is 0. The van der Waals surface area contributed by atoms with E-state index in [0.717, 1.165) is 12.8 Å². The molecule has 0 amide bonds. The molecule has 0 aromatic rings. The molecule has 0 atom stereocenters. The van der Waals surface area contributed by atoms with Gasteiger partial charge in [-0.2, -0.15) is 0 Å². The molecule has 1 nitrogen and oxygen atoms in total. The van der Waals surface area contributed by atoms with Crippen molar-refractivity contribution >= 4 is 0 Å². The molecule has 0 aliphatic heterocycles. The molecule has 10 heavy (non-hydrogen) atoms. The van der Waals surface area contributed by atoms with Gasteiger partial charge < -0.3 is 5.11 Å². The molecule has 58 valence electrons. The lowest BCUT2D eigenvalue weighted by Gasteiger charge is -2.36. The standard InChI is InChI=1S/C9H16O/c1-8(2,3)9(10)6-4-5-7-9/h4-5,10H,6-7H2,1-3H3.